The Morgan fingerprint density at radius 2 is 2.21 bits per heavy atom. The van der Waals surface area contributed by atoms with Gasteiger partial charge in [-0.1, -0.05) is 6.92 Å². The van der Waals surface area contributed by atoms with Crippen LogP contribution in [0.25, 0.3) is 0 Å². The van der Waals surface area contributed by atoms with E-state index in [0.717, 1.165) is 0 Å². The third-order valence-corrected chi connectivity index (χ3v) is 1.54. The first-order chi connectivity index (χ1) is 6.61. The van der Waals surface area contributed by atoms with Gasteiger partial charge in [-0.2, -0.15) is 0 Å². The number of aliphatic carboxylic acids is 1. The maximum absolute atomic E-state index is 11.1. The molecule has 0 aliphatic carbocycles. The van der Waals surface area contributed by atoms with Crippen LogP contribution >= 0.6 is 0 Å². The number of amides is 1. The number of ether oxygens (including phenoxy) is 1. The molecule has 1 atom stereocenters. The van der Waals surface area contributed by atoms with Gasteiger partial charge in [0.1, 0.15) is 12.6 Å². The topological polar surface area (TPSA) is 102 Å². The molecule has 0 rings (SSSR count). The van der Waals surface area contributed by atoms with Crippen LogP contribution in [0.2, 0.25) is 0 Å². The number of hydrogen-bond donors (Lipinski definition) is 3. The molecule has 6 nitrogen and oxygen atoms in total. The van der Waals surface area contributed by atoms with Crippen molar-refractivity contribution in [1.29, 1.82) is 0 Å². The second-order valence-electron chi connectivity index (χ2n) is 2.71. The largest absolute Gasteiger partial charge is 0.480 e. The zero-order valence-corrected chi connectivity index (χ0v) is 8.16. The Morgan fingerprint density at radius 1 is 1.57 bits per heavy atom. The van der Waals surface area contributed by atoms with Gasteiger partial charge in [-0.25, -0.2) is 4.79 Å². The molecule has 4 N–H and O–H groups in total. The highest BCUT2D eigenvalue weighted by Crippen LogP contribution is 1.90. The summed E-state index contributed by atoms with van der Waals surface area (Å²) in [5.41, 5.74) is 5.14. The third kappa shape index (κ3) is 5.50. The van der Waals surface area contributed by atoms with E-state index < -0.39 is 17.9 Å². The molecule has 82 valence electrons. The molecule has 0 aliphatic rings. The van der Waals surface area contributed by atoms with Gasteiger partial charge in [-0.05, 0) is 6.42 Å². The van der Waals surface area contributed by atoms with E-state index in [1.165, 1.54) is 0 Å². The second-order valence-corrected chi connectivity index (χ2v) is 2.71. The number of carboxylic acids is 1. The normalized spacial score (nSPS) is 12.1. The van der Waals surface area contributed by atoms with Crippen molar-refractivity contribution in [3.8, 4) is 0 Å². The highest BCUT2D eigenvalue weighted by atomic mass is 16.5. The van der Waals surface area contributed by atoms with Gasteiger partial charge in [-0.15, -0.1) is 0 Å². The maximum Gasteiger partial charge on any atom is 0.326 e. The lowest BCUT2D eigenvalue weighted by Crippen LogP contribution is -2.42. The molecule has 0 aromatic rings. The molecule has 1 amide bonds. The lowest BCUT2D eigenvalue weighted by atomic mass is 10.2. The van der Waals surface area contributed by atoms with Crippen LogP contribution in [0.15, 0.2) is 0 Å². The van der Waals surface area contributed by atoms with E-state index in [9.17, 15) is 9.59 Å². The monoisotopic (exact) mass is 204 g/mol. The third-order valence-electron chi connectivity index (χ3n) is 1.54. The Labute approximate surface area is 82.4 Å². The lowest BCUT2D eigenvalue weighted by Gasteiger charge is -2.11. The van der Waals surface area contributed by atoms with Crippen molar-refractivity contribution in [3.05, 3.63) is 0 Å². The van der Waals surface area contributed by atoms with Gasteiger partial charge in [0.25, 0.3) is 0 Å². The summed E-state index contributed by atoms with van der Waals surface area (Å²) in [5.74, 6) is -1.48. The summed E-state index contributed by atoms with van der Waals surface area (Å²) in [6.07, 6.45) is 0.345. The highest BCUT2D eigenvalue weighted by Gasteiger charge is 2.16. The van der Waals surface area contributed by atoms with Crippen LogP contribution in [-0.4, -0.2) is 42.8 Å². The highest BCUT2D eigenvalue weighted by molar-refractivity contribution is 5.84. The second kappa shape index (κ2) is 7.28. The van der Waals surface area contributed by atoms with Crippen LogP contribution in [0.4, 0.5) is 0 Å². The molecule has 0 spiro atoms. The Balaban J connectivity index is 3.74. The molecule has 0 saturated heterocycles. The smallest absolute Gasteiger partial charge is 0.326 e. The predicted molar refractivity (Wildman–Crippen MR) is 49.7 cm³/mol. The molecule has 0 bridgehead atoms. The van der Waals surface area contributed by atoms with Gasteiger partial charge in [0, 0.05) is 6.54 Å². The summed E-state index contributed by atoms with van der Waals surface area (Å²) in [7, 11) is 0. The summed E-state index contributed by atoms with van der Waals surface area (Å²) in [4.78, 5) is 21.6. The van der Waals surface area contributed by atoms with Crippen molar-refractivity contribution in [2.75, 3.05) is 19.8 Å². The first-order valence-corrected chi connectivity index (χ1v) is 4.41. The van der Waals surface area contributed by atoms with Crippen LogP contribution in [0.1, 0.15) is 13.3 Å². The Hall–Kier alpha value is -1.14. The molecule has 0 unspecified atom stereocenters. The molecule has 14 heavy (non-hydrogen) atoms. The van der Waals surface area contributed by atoms with Crippen molar-refractivity contribution < 1.29 is 19.4 Å². The fourth-order valence-corrected chi connectivity index (χ4v) is 0.823. The average molecular weight is 204 g/mol. The fraction of sp³-hybridized carbons (Fsp3) is 0.750. The van der Waals surface area contributed by atoms with E-state index in [-0.39, 0.29) is 13.2 Å². The zero-order valence-electron chi connectivity index (χ0n) is 8.16. The summed E-state index contributed by atoms with van der Waals surface area (Å²) in [5, 5.41) is 10.9. The molecule has 0 heterocycles. The molecule has 6 heteroatoms. The van der Waals surface area contributed by atoms with Crippen molar-refractivity contribution in [1.82, 2.24) is 5.32 Å². The Bertz CT molecular complexity index is 196. The van der Waals surface area contributed by atoms with Crippen LogP contribution in [0.3, 0.4) is 0 Å². The molecule has 0 radical (unpaired) electrons. The minimum atomic E-state index is -1.04. The molecule has 0 aliphatic heterocycles. The summed E-state index contributed by atoms with van der Waals surface area (Å²) in [6, 6.07) is -0.844. The summed E-state index contributed by atoms with van der Waals surface area (Å²) in [6.45, 7) is 2.15. The van der Waals surface area contributed by atoms with Gasteiger partial charge >= 0.3 is 5.97 Å². The van der Waals surface area contributed by atoms with Crippen molar-refractivity contribution in [3.63, 3.8) is 0 Å². The molecular weight excluding hydrogens is 188 g/mol. The van der Waals surface area contributed by atoms with Crippen molar-refractivity contribution in [2.24, 2.45) is 5.73 Å². The van der Waals surface area contributed by atoms with E-state index in [1.807, 2.05) is 0 Å². The van der Waals surface area contributed by atoms with Gasteiger partial charge in [0.15, 0.2) is 0 Å². The number of carboxylic acid groups (broad SMARTS) is 1. The first-order valence-electron chi connectivity index (χ1n) is 4.41. The minimum Gasteiger partial charge on any atom is -0.480 e. The van der Waals surface area contributed by atoms with Crippen molar-refractivity contribution >= 4 is 11.9 Å². The number of hydrogen-bond acceptors (Lipinski definition) is 4. The molecular formula is C8H16N2O4. The van der Waals surface area contributed by atoms with Gasteiger partial charge in [0.2, 0.25) is 5.91 Å². The van der Waals surface area contributed by atoms with Crippen LogP contribution in [0.5, 0.6) is 0 Å². The molecule has 0 saturated carbocycles. The Kier molecular flexibility index (Phi) is 6.69. The number of carbonyl (C=O) groups excluding carboxylic acids is 1. The quantitative estimate of drug-likeness (QED) is 0.459. The number of carbonyl (C=O) groups is 2. The van der Waals surface area contributed by atoms with E-state index in [4.69, 9.17) is 15.6 Å². The van der Waals surface area contributed by atoms with Gasteiger partial charge < -0.3 is 20.9 Å². The fourth-order valence-electron chi connectivity index (χ4n) is 0.823. The summed E-state index contributed by atoms with van der Waals surface area (Å²) >= 11 is 0. The standard InChI is InChI=1S/C8H16N2O4/c1-2-6(8(12)13)10-7(11)5-14-4-3-9/h6H,2-5,9H2,1H3,(H,10,11)(H,12,13)/t6-/m0/s1. The lowest BCUT2D eigenvalue weighted by molar-refractivity contribution is -0.142. The summed E-state index contributed by atoms with van der Waals surface area (Å²) < 4.78 is 4.84. The van der Waals surface area contributed by atoms with Gasteiger partial charge in [-0.3, -0.25) is 4.79 Å². The molecule has 0 aromatic heterocycles. The maximum atomic E-state index is 11.1. The predicted octanol–water partition coefficient (Wildman–Crippen LogP) is -1.06. The van der Waals surface area contributed by atoms with E-state index in [1.54, 1.807) is 6.92 Å². The van der Waals surface area contributed by atoms with Crippen LogP contribution in [0, 0.1) is 0 Å². The SMILES string of the molecule is CC[C@H](NC(=O)COCCN)C(=O)O. The van der Waals surface area contributed by atoms with E-state index in [0.29, 0.717) is 13.0 Å². The average Bonchev–Trinajstić information content (AvgIpc) is 2.14. The van der Waals surface area contributed by atoms with E-state index in [2.05, 4.69) is 5.32 Å². The number of rotatable bonds is 7. The van der Waals surface area contributed by atoms with Crippen LogP contribution in [-0.2, 0) is 14.3 Å². The van der Waals surface area contributed by atoms with E-state index >= 15 is 0 Å². The Morgan fingerprint density at radius 3 is 2.64 bits per heavy atom. The van der Waals surface area contributed by atoms with Crippen molar-refractivity contribution in [2.45, 2.75) is 19.4 Å². The number of nitrogens with two attached hydrogens (primary N) is 1. The number of nitrogens with one attached hydrogen (secondary N) is 1. The first kappa shape index (κ1) is 12.9. The molecule has 0 aromatic carbocycles. The molecule has 0 fully saturated rings. The van der Waals surface area contributed by atoms with Crippen LogP contribution < -0.4 is 11.1 Å². The minimum absolute atomic E-state index is 0.152. The zero-order chi connectivity index (χ0) is 11.0. The van der Waals surface area contributed by atoms with Gasteiger partial charge in [0.05, 0.1) is 6.61 Å².